The highest BCUT2D eigenvalue weighted by atomic mass is 35.5. The summed E-state index contributed by atoms with van der Waals surface area (Å²) in [4.78, 5) is 20.9. The number of halogens is 4. The van der Waals surface area contributed by atoms with Crippen molar-refractivity contribution in [1.29, 1.82) is 0 Å². The summed E-state index contributed by atoms with van der Waals surface area (Å²) < 4.78 is 67.4. The van der Waals surface area contributed by atoms with E-state index in [2.05, 4.69) is 15.2 Å². The minimum Gasteiger partial charge on any atom is -0.354 e. The number of nitrogens with zero attached hydrogens (tertiary/aromatic N) is 4. The van der Waals surface area contributed by atoms with Crippen LogP contribution in [0.15, 0.2) is 65.6 Å². The van der Waals surface area contributed by atoms with Gasteiger partial charge in [-0.2, -0.15) is 17.5 Å². The van der Waals surface area contributed by atoms with Crippen LogP contribution in [0.5, 0.6) is 0 Å². The zero-order valence-electron chi connectivity index (χ0n) is 24.4. The first kappa shape index (κ1) is 31.7. The van der Waals surface area contributed by atoms with E-state index in [0.29, 0.717) is 22.7 Å². The maximum atomic E-state index is 13.3. The Balaban J connectivity index is 0.999. The van der Waals surface area contributed by atoms with Gasteiger partial charge in [0.05, 0.1) is 10.5 Å². The van der Waals surface area contributed by atoms with Crippen LogP contribution >= 0.6 is 11.6 Å². The minimum absolute atomic E-state index is 0.0422. The fourth-order valence-electron chi connectivity index (χ4n) is 6.25. The van der Waals surface area contributed by atoms with Crippen LogP contribution in [0.1, 0.15) is 34.3 Å². The Morgan fingerprint density at radius 1 is 1.02 bits per heavy atom. The average molecular weight is 663 g/mol. The predicted octanol–water partition coefficient (Wildman–Crippen LogP) is 4.48. The number of rotatable bonds is 8. The van der Waals surface area contributed by atoms with E-state index < -0.39 is 21.8 Å². The molecule has 3 N–H and O–H groups in total. The van der Waals surface area contributed by atoms with Crippen molar-refractivity contribution in [3.8, 4) is 0 Å². The van der Waals surface area contributed by atoms with Gasteiger partial charge in [-0.3, -0.25) is 4.79 Å². The van der Waals surface area contributed by atoms with Crippen LogP contribution in [0.4, 0.5) is 24.7 Å². The Morgan fingerprint density at radius 3 is 2.27 bits per heavy atom. The van der Waals surface area contributed by atoms with Crippen molar-refractivity contribution in [3.63, 3.8) is 0 Å². The fourth-order valence-corrected chi connectivity index (χ4v) is 7.88. The summed E-state index contributed by atoms with van der Waals surface area (Å²) in [6.45, 7) is 3.50. The van der Waals surface area contributed by atoms with Crippen molar-refractivity contribution in [3.05, 3.63) is 82.5 Å². The van der Waals surface area contributed by atoms with Gasteiger partial charge in [0.2, 0.25) is 10.0 Å². The summed E-state index contributed by atoms with van der Waals surface area (Å²) in [5, 5.41) is 2.51. The molecule has 0 bridgehead atoms. The maximum absolute atomic E-state index is 13.3. The quantitative estimate of drug-likeness (QED) is 0.342. The minimum atomic E-state index is -4.58. The summed E-state index contributed by atoms with van der Waals surface area (Å²) in [6, 6.07) is 15.4. The molecule has 1 unspecified atom stereocenters. The lowest BCUT2D eigenvalue weighted by Gasteiger charge is -2.59. The van der Waals surface area contributed by atoms with Crippen molar-refractivity contribution >= 4 is 39.0 Å². The van der Waals surface area contributed by atoms with E-state index in [0.717, 1.165) is 50.2 Å². The number of hydrogen-bond donors (Lipinski definition) is 2. The Kier molecular flexibility index (Phi) is 8.59. The number of nitrogens with one attached hydrogen (secondary N) is 1. The number of carbonyl (C=O) groups is 1. The number of sulfonamides is 1. The largest absolute Gasteiger partial charge is 0.416 e. The summed E-state index contributed by atoms with van der Waals surface area (Å²) in [5.74, 6) is -0.263. The van der Waals surface area contributed by atoms with Gasteiger partial charge in [0.1, 0.15) is 11.0 Å². The number of piperazine rings is 1. The number of likely N-dealkylation sites (tertiary alicyclic amines) is 1. The number of pyridine rings is 1. The van der Waals surface area contributed by atoms with E-state index in [4.69, 9.17) is 17.3 Å². The number of carbonyl (C=O) groups excluding carboxylic acids is 1. The van der Waals surface area contributed by atoms with Crippen LogP contribution in [0.3, 0.4) is 0 Å². The van der Waals surface area contributed by atoms with Gasteiger partial charge in [0.25, 0.3) is 5.91 Å². The molecule has 1 atom stereocenters. The summed E-state index contributed by atoms with van der Waals surface area (Å²) in [7, 11) is -3.87. The molecule has 3 heterocycles. The standard InChI is InChI=1S/C31H34ClF3N6O3S/c32-27-17-23(31(33,34)35)18-28(38-27)40-13-15-41(16-14-40)45(43,44)25-7-5-24(6-8-25)37-29(42)22-3-1-21(2-4-22)10-12-39-19-30(20-39)11-9-26(30)36/h1-8,17-18,26H,9-16,19-20,36H2,(H,37,42). The lowest BCUT2D eigenvalue weighted by molar-refractivity contribution is -0.137. The summed E-state index contributed by atoms with van der Waals surface area (Å²) >= 11 is 5.81. The van der Waals surface area contributed by atoms with Crippen LogP contribution in [-0.4, -0.2) is 80.4 Å². The van der Waals surface area contributed by atoms with E-state index in [1.807, 2.05) is 12.1 Å². The Labute approximate surface area is 265 Å². The molecule has 0 radical (unpaired) electrons. The number of amides is 1. The molecule has 45 heavy (non-hydrogen) atoms. The molecule has 1 aromatic heterocycles. The Hall–Kier alpha value is -3.23. The molecular formula is C31H34ClF3N6O3S. The molecule has 3 fully saturated rings. The van der Waals surface area contributed by atoms with Gasteiger partial charge in [-0.05, 0) is 73.4 Å². The second kappa shape index (κ2) is 12.2. The number of benzene rings is 2. The molecule has 14 heteroatoms. The van der Waals surface area contributed by atoms with Gasteiger partial charge in [-0.15, -0.1) is 0 Å². The van der Waals surface area contributed by atoms with Crippen molar-refractivity contribution in [2.24, 2.45) is 11.1 Å². The lowest BCUT2D eigenvalue weighted by Crippen LogP contribution is -2.69. The molecular weight excluding hydrogens is 629 g/mol. The molecule has 6 rings (SSSR count). The molecule has 1 saturated carbocycles. The van der Waals surface area contributed by atoms with Crippen molar-refractivity contribution < 1.29 is 26.4 Å². The average Bonchev–Trinajstić information content (AvgIpc) is 2.99. The lowest BCUT2D eigenvalue weighted by atomic mass is 9.60. The third-order valence-electron chi connectivity index (χ3n) is 9.17. The van der Waals surface area contributed by atoms with Gasteiger partial charge in [-0.25, -0.2) is 13.4 Å². The zero-order valence-corrected chi connectivity index (χ0v) is 26.0. The monoisotopic (exact) mass is 662 g/mol. The van der Waals surface area contributed by atoms with Gasteiger partial charge in [-0.1, -0.05) is 23.7 Å². The zero-order chi connectivity index (χ0) is 32.0. The molecule has 2 aromatic carbocycles. The number of hydrogen-bond acceptors (Lipinski definition) is 7. The number of nitrogens with two attached hydrogens (primary N) is 1. The van der Waals surface area contributed by atoms with E-state index in [-0.39, 0.29) is 48.0 Å². The van der Waals surface area contributed by atoms with Crippen molar-refractivity contribution in [1.82, 2.24) is 14.2 Å². The highest BCUT2D eigenvalue weighted by Gasteiger charge is 2.52. The van der Waals surface area contributed by atoms with Gasteiger partial charge in [0, 0.05) is 68.5 Å². The van der Waals surface area contributed by atoms with Crippen molar-refractivity contribution in [2.45, 2.75) is 36.4 Å². The third kappa shape index (κ3) is 6.68. The van der Waals surface area contributed by atoms with Crippen molar-refractivity contribution in [2.75, 3.05) is 56.0 Å². The van der Waals surface area contributed by atoms with Crippen LogP contribution in [0.2, 0.25) is 5.15 Å². The molecule has 2 saturated heterocycles. The van der Waals surface area contributed by atoms with Gasteiger partial charge < -0.3 is 20.9 Å². The van der Waals surface area contributed by atoms with E-state index in [1.165, 1.54) is 35.0 Å². The molecule has 1 amide bonds. The topological polar surface area (TPSA) is 112 Å². The molecule has 1 aliphatic carbocycles. The SMILES string of the molecule is NC1CCC12CN(CCc1ccc(C(=O)Nc3ccc(S(=O)(=O)N4CCN(c5cc(C(F)(F)F)cc(Cl)n5)CC4)cc3)cc1)C2. The molecule has 9 nitrogen and oxygen atoms in total. The van der Waals surface area contributed by atoms with Gasteiger partial charge >= 0.3 is 6.18 Å². The molecule has 240 valence electrons. The van der Waals surface area contributed by atoms with Gasteiger partial charge in [0.15, 0.2) is 0 Å². The second-order valence-corrected chi connectivity index (χ2v) is 14.4. The Morgan fingerprint density at radius 2 is 1.69 bits per heavy atom. The highest BCUT2D eigenvalue weighted by Crippen LogP contribution is 2.47. The number of anilines is 2. The molecule has 1 spiro atoms. The predicted molar refractivity (Wildman–Crippen MR) is 166 cm³/mol. The van der Waals surface area contributed by atoms with Crippen LogP contribution < -0.4 is 16.0 Å². The normalized spacial score (nSPS) is 20.5. The van der Waals surface area contributed by atoms with Crippen LogP contribution in [-0.2, 0) is 22.6 Å². The first-order valence-electron chi connectivity index (χ1n) is 14.8. The van der Waals surface area contributed by atoms with Crippen LogP contribution in [0.25, 0.3) is 0 Å². The molecule has 3 aliphatic rings. The maximum Gasteiger partial charge on any atom is 0.416 e. The second-order valence-electron chi connectivity index (χ2n) is 12.1. The summed E-state index contributed by atoms with van der Waals surface area (Å²) in [5.41, 5.74) is 7.69. The number of aromatic nitrogens is 1. The third-order valence-corrected chi connectivity index (χ3v) is 11.3. The number of alkyl halides is 3. The molecule has 3 aromatic rings. The molecule has 2 aliphatic heterocycles. The smallest absolute Gasteiger partial charge is 0.354 e. The first-order valence-corrected chi connectivity index (χ1v) is 16.6. The van der Waals surface area contributed by atoms with Crippen LogP contribution in [0, 0.1) is 5.41 Å². The fraction of sp³-hybridized carbons (Fsp3) is 0.419. The summed E-state index contributed by atoms with van der Waals surface area (Å²) in [6.07, 6.45) is -1.32. The van der Waals surface area contributed by atoms with E-state index in [1.54, 1.807) is 17.0 Å². The van der Waals surface area contributed by atoms with E-state index in [9.17, 15) is 26.4 Å². The van der Waals surface area contributed by atoms with E-state index >= 15 is 0 Å². The Bertz CT molecular complexity index is 1660. The highest BCUT2D eigenvalue weighted by molar-refractivity contribution is 7.89. The first-order chi connectivity index (χ1) is 21.3.